The number of ether oxygens (including phenoxy) is 5. The van der Waals surface area contributed by atoms with Crippen molar-refractivity contribution in [3.63, 3.8) is 0 Å². The van der Waals surface area contributed by atoms with Crippen LogP contribution in [0.15, 0.2) is 48.5 Å². The maximum atomic E-state index is 12.8. The van der Waals surface area contributed by atoms with Gasteiger partial charge in [-0.1, -0.05) is 30.3 Å². The van der Waals surface area contributed by atoms with E-state index < -0.39 is 74.1 Å². The topological polar surface area (TPSA) is 185 Å². The molecular weight excluding hydrogens is 516 g/mol. The molecule has 2 aromatic carbocycles. The SMILES string of the molecule is CC1OC(OC2C(Oc3ccc4c(c3)OC(c3ccccc3)CC4=O)OC(CO)C(O)C2O)C(O)C(O)C1O. The third kappa shape index (κ3) is 5.53. The molecule has 0 saturated carbocycles. The number of carbonyl (C=O) groups excluding carboxylic acids is 1. The third-order valence-corrected chi connectivity index (χ3v) is 7.24. The predicted molar refractivity (Wildman–Crippen MR) is 131 cm³/mol. The van der Waals surface area contributed by atoms with Gasteiger partial charge in [0.1, 0.15) is 54.2 Å². The van der Waals surface area contributed by atoms with Crippen LogP contribution in [-0.2, 0) is 14.2 Å². The lowest BCUT2D eigenvalue weighted by Crippen LogP contribution is -2.64. The van der Waals surface area contributed by atoms with Crippen LogP contribution in [0.4, 0.5) is 0 Å². The predicted octanol–water partition coefficient (Wildman–Crippen LogP) is -0.576. The van der Waals surface area contributed by atoms with Crippen molar-refractivity contribution >= 4 is 5.78 Å². The molecule has 11 unspecified atom stereocenters. The summed E-state index contributed by atoms with van der Waals surface area (Å²) in [5.41, 5.74) is 1.21. The number of aliphatic hydroxyl groups excluding tert-OH is 6. The monoisotopic (exact) mass is 548 g/mol. The molecule has 3 heterocycles. The number of carbonyl (C=O) groups is 1. The zero-order valence-corrected chi connectivity index (χ0v) is 21.0. The van der Waals surface area contributed by atoms with E-state index in [9.17, 15) is 35.4 Å². The lowest BCUT2D eigenvalue weighted by molar-refractivity contribution is -0.354. The standard InChI is InChI=1S/C27H32O12/c1-12-20(30)22(32)24(34)26(35-12)39-25-23(33)21(31)19(11-28)38-27(25)36-14-7-8-15-16(29)10-17(37-18(15)9-14)13-5-3-2-4-6-13/h2-9,12,17,19-28,30-34H,10-11H2,1H3. The molecule has 2 saturated heterocycles. The third-order valence-electron chi connectivity index (χ3n) is 7.24. The van der Waals surface area contributed by atoms with Crippen LogP contribution in [-0.4, -0.2) is 104 Å². The Hall–Kier alpha value is -2.65. The molecule has 12 heteroatoms. The van der Waals surface area contributed by atoms with Crippen LogP contribution in [0, 0.1) is 0 Å². The zero-order valence-electron chi connectivity index (χ0n) is 21.0. The van der Waals surface area contributed by atoms with Crippen molar-refractivity contribution in [2.45, 2.75) is 80.9 Å². The van der Waals surface area contributed by atoms with Gasteiger partial charge in [0.05, 0.1) is 24.7 Å². The Morgan fingerprint density at radius 2 is 1.62 bits per heavy atom. The fourth-order valence-corrected chi connectivity index (χ4v) is 4.94. The number of ketones is 1. The lowest BCUT2D eigenvalue weighted by atomic mass is 9.96. The van der Waals surface area contributed by atoms with Gasteiger partial charge < -0.3 is 54.3 Å². The Morgan fingerprint density at radius 3 is 2.33 bits per heavy atom. The van der Waals surface area contributed by atoms with Gasteiger partial charge >= 0.3 is 0 Å². The first-order valence-electron chi connectivity index (χ1n) is 12.7. The van der Waals surface area contributed by atoms with Gasteiger partial charge in [-0.2, -0.15) is 0 Å². The van der Waals surface area contributed by atoms with Crippen LogP contribution in [0.5, 0.6) is 11.5 Å². The van der Waals surface area contributed by atoms with Crippen LogP contribution in [0.2, 0.25) is 0 Å². The van der Waals surface area contributed by atoms with E-state index in [1.54, 1.807) is 0 Å². The summed E-state index contributed by atoms with van der Waals surface area (Å²) in [7, 11) is 0. The average molecular weight is 549 g/mol. The van der Waals surface area contributed by atoms with Gasteiger partial charge in [-0.15, -0.1) is 0 Å². The van der Waals surface area contributed by atoms with Gasteiger partial charge in [0, 0.05) is 6.07 Å². The Bertz CT molecular complexity index is 1140. The second kappa shape index (κ2) is 11.5. The summed E-state index contributed by atoms with van der Waals surface area (Å²) in [6.45, 7) is 0.821. The van der Waals surface area contributed by atoms with Gasteiger partial charge in [-0.05, 0) is 24.6 Å². The van der Waals surface area contributed by atoms with Crippen molar-refractivity contribution in [3.8, 4) is 11.5 Å². The Kier molecular flexibility index (Phi) is 8.19. The highest BCUT2D eigenvalue weighted by atomic mass is 16.8. The van der Waals surface area contributed by atoms with Crippen LogP contribution in [0.25, 0.3) is 0 Å². The largest absolute Gasteiger partial charge is 0.484 e. The highest BCUT2D eigenvalue weighted by Gasteiger charge is 2.51. The number of hydrogen-bond donors (Lipinski definition) is 6. The van der Waals surface area contributed by atoms with Crippen molar-refractivity contribution < 1.29 is 59.1 Å². The number of rotatable bonds is 6. The fourth-order valence-electron chi connectivity index (χ4n) is 4.94. The average Bonchev–Trinajstić information content (AvgIpc) is 2.94. The first kappa shape index (κ1) is 27.9. The Morgan fingerprint density at radius 1 is 0.872 bits per heavy atom. The molecule has 39 heavy (non-hydrogen) atoms. The first-order valence-corrected chi connectivity index (χ1v) is 12.7. The van der Waals surface area contributed by atoms with E-state index in [0.717, 1.165) is 5.56 Å². The van der Waals surface area contributed by atoms with E-state index in [2.05, 4.69) is 0 Å². The molecule has 5 rings (SSSR count). The summed E-state index contributed by atoms with van der Waals surface area (Å²) in [5.74, 6) is 0.342. The summed E-state index contributed by atoms with van der Waals surface area (Å²) in [4.78, 5) is 12.8. The summed E-state index contributed by atoms with van der Waals surface area (Å²) >= 11 is 0. The summed E-state index contributed by atoms with van der Waals surface area (Å²) in [6.07, 6.45) is -14.8. The van der Waals surface area contributed by atoms with Gasteiger partial charge in [-0.25, -0.2) is 0 Å². The molecule has 12 nitrogen and oxygen atoms in total. The quantitative estimate of drug-likeness (QED) is 0.270. The molecule has 2 aromatic rings. The highest BCUT2D eigenvalue weighted by molar-refractivity contribution is 6.00. The van der Waals surface area contributed by atoms with Crippen LogP contribution >= 0.6 is 0 Å². The molecule has 0 aliphatic carbocycles. The maximum Gasteiger partial charge on any atom is 0.229 e. The molecular formula is C27H32O12. The molecule has 11 atom stereocenters. The van der Waals surface area contributed by atoms with Crippen LogP contribution in [0.3, 0.4) is 0 Å². The van der Waals surface area contributed by atoms with E-state index in [1.807, 2.05) is 30.3 Å². The smallest absolute Gasteiger partial charge is 0.229 e. The summed E-state index contributed by atoms with van der Waals surface area (Å²) < 4.78 is 28.9. The Balaban J connectivity index is 1.38. The minimum atomic E-state index is -1.69. The highest BCUT2D eigenvalue weighted by Crippen LogP contribution is 2.38. The van der Waals surface area contributed by atoms with Crippen LogP contribution in [0.1, 0.15) is 35.4 Å². The zero-order chi connectivity index (χ0) is 27.8. The molecule has 3 aliphatic rings. The molecule has 0 spiro atoms. The van der Waals surface area contributed by atoms with Gasteiger partial charge in [0.15, 0.2) is 18.2 Å². The molecule has 6 N–H and O–H groups in total. The summed E-state index contributed by atoms with van der Waals surface area (Å²) in [6, 6.07) is 13.8. The number of aliphatic hydroxyl groups is 6. The van der Waals surface area contributed by atoms with Crippen molar-refractivity contribution in [1.29, 1.82) is 0 Å². The number of benzene rings is 2. The van der Waals surface area contributed by atoms with E-state index in [-0.39, 0.29) is 23.7 Å². The summed E-state index contributed by atoms with van der Waals surface area (Å²) in [5, 5.41) is 61.4. The van der Waals surface area contributed by atoms with Gasteiger partial charge in [0.2, 0.25) is 6.29 Å². The molecule has 0 aromatic heterocycles. The Labute approximate surface area is 223 Å². The lowest BCUT2D eigenvalue weighted by Gasteiger charge is -2.45. The number of Topliss-reactive ketones (excluding diaryl/α,β-unsaturated/α-hetero) is 1. The van der Waals surface area contributed by atoms with Crippen molar-refractivity contribution in [3.05, 3.63) is 59.7 Å². The van der Waals surface area contributed by atoms with E-state index >= 15 is 0 Å². The van der Waals surface area contributed by atoms with E-state index in [4.69, 9.17) is 23.7 Å². The number of hydrogen-bond acceptors (Lipinski definition) is 12. The fraction of sp³-hybridized carbons (Fsp3) is 0.519. The number of fused-ring (bicyclic) bond motifs is 1. The van der Waals surface area contributed by atoms with E-state index in [1.165, 1.54) is 25.1 Å². The molecule has 2 fully saturated rings. The van der Waals surface area contributed by atoms with Crippen LogP contribution < -0.4 is 9.47 Å². The van der Waals surface area contributed by atoms with Crippen molar-refractivity contribution in [2.75, 3.05) is 6.61 Å². The minimum absolute atomic E-state index is 0.107. The molecule has 0 radical (unpaired) electrons. The molecule has 212 valence electrons. The first-order chi connectivity index (χ1) is 18.7. The molecule has 3 aliphatic heterocycles. The van der Waals surface area contributed by atoms with Gasteiger partial charge in [0.25, 0.3) is 0 Å². The molecule has 0 amide bonds. The second-order valence-electron chi connectivity index (χ2n) is 9.91. The molecule has 0 bridgehead atoms. The minimum Gasteiger partial charge on any atom is -0.484 e. The maximum absolute atomic E-state index is 12.8. The normalized spacial score (nSPS) is 38.5. The van der Waals surface area contributed by atoms with Crippen molar-refractivity contribution in [1.82, 2.24) is 0 Å². The second-order valence-corrected chi connectivity index (χ2v) is 9.91. The van der Waals surface area contributed by atoms with E-state index in [0.29, 0.717) is 5.56 Å². The van der Waals surface area contributed by atoms with Crippen molar-refractivity contribution in [2.24, 2.45) is 0 Å². The van der Waals surface area contributed by atoms with Gasteiger partial charge in [-0.3, -0.25) is 4.79 Å².